The van der Waals surface area contributed by atoms with Crippen molar-refractivity contribution in [2.24, 2.45) is 4.99 Å². The highest BCUT2D eigenvalue weighted by Crippen LogP contribution is 2.53. The molecule has 7 rings (SSSR count). The number of nitrogens with zero attached hydrogens (tertiary/aromatic N) is 2. The number of nitriles is 1. The van der Waals surface area contributed by atoms with Crippen molar-refractivity contribution in [3.8, 4) is 28.4 Å². The first-order chi connectivity index (χ1) is 23.2. The van der Waals surface area contributed by atoms with E-state index in [1.807, 2.05) is 0 Å². The first kappa shape index (κ1) is 32.7. The lowest BCUT2D eigenvalue weighted by Crippen LogP contribution is -2.03. The quantitative estimate of drug-likeness (QED) is 0.0779. The van der Waals surface area contributed by atoms with Crippen LogP contribution in [0.1, 0.15) is 11.1 Å². The molecule has 0 atom stereocenters. The maximum atomic E-state index is 14.4. The van der Waals surface area contributed by atoms with Gasteiger partial charge in [-0.1, -0.05) is 47.8 Å². The van der Waals surface area contributed by atoms with Crippen LogP contribution < -0.4 is 0 Å². The average molecular weight is 739 g/mol. The number of aliphatic imine (C=N–C) groups is 1. The summed E-state index contributed by atoms with van der Waals surface area (Å²) in [6.07, 6.45) is 1.59. The van der Waals surface area contributed by atoms with E-state index in [9.17, 15) is 57.6 Å². The summed E-state index contributed by atoms with van der Waals surface area (Å²) in [6.45, 7) is 0. The van der Waals surface area contributed by atoms with Gasteiger partial charge in [0.1, 0.15) is 0 Å². The SMILES string of the molecule is N#C/N=C1\c2cc(Sc3c(F)c(F)c(F)c(F)c3F)ccc2-c2c1ccc1c2S(=O)(=O)c2cc(Sc3c(F)c(F)c(F)c(F)c3F)ccc2-1. The number of sulfone groups is 1. The Morgan fingerprint density at radius 3 is 1.47 bits per heavy atom. The van der Waals surface area contributed by atoms with E-state index in [-0.39, 0.29) is 82.2 Å². The van der Waals surface area contributed by atoms with Crippen molar-refractivity contribution in [2.75, 3.05) is 0 Å². The van der Waals surface area contributed by atoms with Crippen LogP contribution in [0.4, 0.5) is 43.9 Å². The van der Waals surface area contributed by atoms with Gasteiger partial charge in [0.05, 0.1) is 25.3 Å². The van der Waals surface area contributed by atoms with Gasteiger partial charge in [0, 0.05) is 37.6 Å². The average Bonchev–Trinajstić information content (AvgIpc) is 3.52. The monoisotopic (exact) mass is 738 g/mol. The Hall–Kier alpha value is -4.79. The van der Waals surface area contributed by atoms with Crippen molar-refractivity contribution >= 4 is 39.1 Å². The third-order valence-corrected chi connectivity index (χ3v) is 11.7. The second-order valence-electron chi connectivity index (χ2n) is 10.3. The van der Waals surface area contributed by atoms with Crippen molar-refractivity contribution < 1.29 is 52.3 Å². The van der Waals surface area contributed by atoms with E-state index in [4.69, 9.17) is 0 Å². The Morgan fingerprint density at radius 1 is 0.531 bits per heavy atom. The van der Waals surface area contributed by atoms with Gasteiger partial charge in [-0.15, -0.1) is 0 Å². The van der Waals surface area contributed by atoms with Crippen LogP contribution in [0.2, 0.25) is 0 Å². The van der Waals surface area contributed by atoms with Gasteiger partial charge in [0.2, 0.25) is 27.7 Å². The van der Waals surface area contributed by atoms with Crippen LogP contribution in [0.15, 0.2) is 82.9 Å². The summed E-state index contributed by atoms with van der Waals surface area (Å²) in [4.78, 5) is 0.448. The van der Waals surface area contributed by atoms with Gasteiger partial charge in [-0.05, 0) is 29.8 Å². The summed E-state index contributed by atoms with van der Waals surface area (Å²) >= 11 is 0.300. The highest BCUT2D eigenvalue weighted by molar-refractivity contribution is 7.99. The maximum absolute atomic E-state index is 14.4. The van der Waals surface area contributed by atoms with Gasteiger partial charge in [-0.2, -0.15) is 10.3 Å². The lowest BCUT2D eigenvalue weighted by atomic mass is 9.98. The van der Waals surface area contributed by atoms with E-state index < -0.39 is 77.8 Å². The molecule has 0 fully saturated rings. The molecule has 1 aliphatic carbocycles. The molecule has 2 aliphatic rings. The summed E-state index contributed by atoms with van der Waals surface area (Å²) in [5.41, 5.74) is 0.683. The van der Waals surface area contributed by atoms with E-state index in [0.717, 1.165) is 6.07 Å². The van der Waals surface area contributed by atoms with Crippen molar-refractivity contribution in [3.05, 3.63) is 118 Å². The zero-order chi connectivity index (χ0) is 35.3. The minimum Gasteiger partial charge on any atom is -0.218 e. The van der Waals surface area contributed by atoms with E-state index in [2.05, 4.69) is 4.99 Å². The number of rotatable bonds is 4. The standard InChI is InChI=1S/C32H8F10N2O2S3/c33-19-21(35)25(39)30(26(40)22(19)36)47-10-2-4-13-16(7-10)29(44-9-43)15-6-5-14-12-3-1-11(8-17(12)49(45,46)32(14)18(13)15)48-31-27(41)23(37)20(34)24(38)28(31)42/h1-8H/b44-29-. The van der Waals surface area contributed by atoms with Crippen molar-refractivity contribution in [3.63, 3.8) is 0 Å². The molecule has 0 saturated heterocycles. The molecule has 0 spiro atoms. The van der Waals surface area contributed by atoms with Crippen LogP contribution in [-0.4, -0.2) is 14.1 Å². The predicted octanol–water partition coefficient (Wildman–Crippen LogP) is 9.49. The Morgan fingerprint density at radius 2 is 0.959 bits per heavy atom. The number of benzene rings is 5. The number of hydrogen-bond acceptors (Lipinski definition) is 6. The largest absolute Gasteiger partial charge is 0.218 e. The number of fused-ring (bicyclic) bond motifs is 7. The van der Waals surface area contributed by atoms with Crippen LogP contribution in [-0.2, 0) is 9.84 Å². The van der Waals surface area contributed by atoms with Crippen molar-refractivity contribution in [1.82, 2.24) is 0 Å². The summed E-state index contributed by atoms with van der Waals surface area (Å²) in [7, 11) is -4.48. The van der Waals surface area contributed by atoms with Gasteiger partial charge < -0.3 is 0 Å². The molecule has 0 amide bonds. The highest BCUT2D eigenvalue weighted by Gasteiger charge is 2.41. The summed E-state index contributed by atoms with van der Waals surface area (Å²) in [6, 6.07) is 10.1. The zero-order valence-corrected chi connectivity index (χ0v) is 25.8. The topological polar surface area (TPSA) is 70.3 Å². The molecule has 0 unspecified atom stereocenters. The molecular formula is C32H8F10N2O2S3. The molecule has 5 aromatic carbocycles. The smallest absolute Gasteiger partial charge is 0.208 e. The molecule has 0 radical (unpaired) electrons. The summed E-state index contributed by atoms with van der Waals surface area (Å²) < 4.78 is 168. The molecular weight excluding hydrogens is 731 g/mol. The molecule has 49 heavy (non-hydrogen) atoms. The molecule has 17 heteroatoms. The fourth-order valence-electron chi connectivity index (χ4n) is 5.56. The Balaban J connectivity index is 1.34. The van der Waals surface area contributed by atoms with Gasteiger partial charge >= 0.3 is 0 Å². The normalized spacial score (nSPS) is 14.4. The predicted molar refractivity (Wildman–Crippen MR) is 155 cm³/mol. The van der Waals surface area contributed by atoms with E-state index in [1.165, 1.54) is 42.5 Å². The Kier molecular flexibility index (Phi) is 7.61. The van der Waals surface area contributed by atoms with E-state index >= 15 is 0 Å². The molecule has 1 aliphatic heterocycles. The third kappa shape index (κ3) is 4.68. The lowest BCUT2D eigenvalue weighted by Gasteiger charge is -2.10. The Labute approximate surface area is 276 Å². The Bertz CT molecular complexity index is 2490. The summed E-state index contributed by atoms with van der Waals surface area (Å²) in [5.74, 6) is -21.7. The van der Waals surface area contributed by atoms with E-state index in [1.54, 1.807) is 6.19 Å². The fraction of sp³-hybridized carbons (Fsp3) is 0. The molecule has 4 nitrogen and oxygen atoms in total. The first-order valence-corrected chi connectivity index (χ1v) is 16.4. The highest BCUT2D eigenvalue weighted by atomic mass is 32.2. The van der Waals surface area contributed by atoms with Crippen molar-refractivity contribution in [2.45, 2.75) is 29.4 Å². The molecule has 0 N–H and O–H groups in total. The zero-order valence-electron chi connectivity index (χ0n) is 23.3. The van der Waals surface area contributed by atoms with Gasteiger partial charge in [-0.25, -0.2) is 52.3 Å². The summed E-state index contributed by atoms with van der Waals surface area (Å²) in [5, 5.41) is 9.42. The van der Waals surface area contributed by atoms with Crippen LogP contribution in [0, 0.1) is 69.6 Å². The molecule has 246 valence electrons. The van der Waals surface area contributed by atoms with Crippen LogP contribution in [0.25, 0.3) is 22.3 Å². The van der Waals surface area contributed by atoms with Gasteiger partial charge in [-0.3, -0.25) is 0 Å². The molecule has 1 heterocycles. The molecule has 5 aromatic rings. The minimum absolute atomic E-state index is 0.0550. The van der Waals surface area contributed by atoms with Crippen LogP contribution in [0.5, 0.6) is 0 Å². The van der Waals surface area contributed by atoms with Crippen molar-refractivity contribution in [1.29, 1.82) is 5.26 Å². The third-order valence-electron chi connectivity index (χ3n) is 7.67. The number of halogens is 10. The minimum atomic E-state index is -4.48. The second-order valence-corrected chi connectivity index (χ2v) is 14.3. The molecule has 0 aromatic heterocycles. The van der Waals surface area contributed by atoms with Crippen LogP contribution in [0.3, 0.4) is 0 Å². The van der Waals surface area contributed by atoms with Gasteiger partial charge in [0.15, 0.2) is 46.5 Å². The van der Waals surface area contributed by atoms with Crippen LogP contribution >= 0.6 is 23.5 Å². The first-order valence-electron chi connectivity index (χ1n) is 13.3. The lowest BCUT2D eigenvalue weighted by molar-refractivity contribution is 0.361. The number of hydrogen-bond donors (Lipinski definition) is 0. The van der Waals surface area contributed by atoms with Gasteiger partial charge in [0.25, 0.3) is 0 Å². The second kappa shape index (κ2) is 11.4. The molecule has 0 bridgehead atoms. The fourth-order valence-corrected chi connectivity index (χ4v) is 9.37. The van der Waals surface area contributed by atoms with E-state index in [0.29, 0.717) is 0 Å². The maximum Gasteiger partial charge on any atom is 0.208 e. The molecule has 0 saturated carbocycles.